The molecule has 0 aromatic carbocycles. The molecule has 9 nitrogen and oxygen atoms in total. The van der Waals surface area contributed by atoms with E-state index >= 15 is 0 Å². The monoisotopic (exact) mass is 425 g/mol. The van der Waals surface area contributed by atoms with Crippen LogP contribution in [0.1, 0.15) is 18.4 Å². The van der Waals surface area contributed by atoms with E-state index < -0.39 is 6.17 Å². The van der Waals surface area contributed by atoms with Crippen molar-refractivity contribution in [2.45, 2.75) is 37.5 Å². The van der Waals surface area contributed by atoms with Gasteiger partial charge in [0.1, 0.15) is 12.0 Å². The highest BCUT2D eigenvalue weighted by Crippen LogP contribution is 2.38. The van der Waals surface area contributed by atoms with E-state index in [-0.39, 0.29) is 11.6 Å². The lowest BCUT2D eigenvalue weighted by Crippen LogP contribution is -2.73. The molecule has 0 aliphatic carbocycles. The van der Waals surface area contributed by atoms with Gasteiger partial charge in [-0.25, -0.2) is 9.37 Å². The number of nitriles is 1. The van der Waals surface area contributed by atoms with Crippen LogP contribution in [0.4, 0.5) is 21.8 Å². The topological polar surface area (TPSA) is 89.1 Å². The molecular formula is C21H28FN9. The first kappa shape index (κ1) is 20.2. The van der Waals surface area contributed by atoms with Gasteiger partial charge in [-0.2, -0.15) is 15.3 Å². The van der Waals surface area contributed by atoms with Gasteiger partial charge in [0.15, 0.2) is 0 Å². The van der Waals surface area contributed by atoms with Crippen molar-refractivity contribution in [2.75, 3.05) is 49.5 Å². The fourth-order valence-electron chi connectivity index (χ4n) is 5.22. The highest BCUT2D eigenvalue weighted by Gasteiger charge is 2.51. The van der Waals surface area contributed by atoms with Gasteiger partial charge in [0.2, 0.25) is 5.95 Å². The van der Waals surface area contributed by atoms with Crippen LogP contribution in [0.15, 0.2) is 18.6 Å². The van der Waals surface area contributed by atoms with Gasteiger partial charge in [0, 0.05) is 70.3 Å². The van der Waals surface area contributed by atoms with Gasteiger partial charge >= 0.3 is 0 Å². The van der Waals surface area contributed by atoms with Gasteiger partial charge < -0.3 is 10.2 Å². The van der Waals surface area contributed by atoms with E-state index in [2.05, 4.69) is 36.2 Å². The van der Waals surface area contributed by atoms with Gasteiger partial charge in [-0.15, -0.1) is 0 Å². The molecule has 3 saturated heterocycles. The lowest BCUT2D eigenvalue weighted by molar-refractivity contribution is -0.000627. The van der Waals surface area contributed by atoms with Crippen molar-refractivity contribution in [3.8, 4) is 6.07 Å². The van der Waals surface area contributed by atoms with Crippen molar-refractivity contribution < 1.29 is 4.39 Å². The SMILES string of the molecule is Cc1cnc(Nc2cnn(C)c2)nc1N1CC(CC#N)(N2CCN3C[C@H](F)C[C@H]3C2)C1. The number of fused-ring (bicyclic) bond motifs is 1. The normalized spacial score (nSPS) is 25.7. The zero-order valence-corrected chi connectivity index (χ0v) is 18.0. The molecule has 2 atom stereocenters. The van der Waals surface area contributed by atoms with Crippen LogP contribution in [-0.4, -0.2) is 86.6 Å². The van der Waals surface area contributed by atoms with Crippen molar-refractivity contribution in [1.29, 1.82) is 5.26 Å². The Morgan fingerprint density at radius 1 is 1.29 bits per heavy atom. The number of aromatic nitrogens is 4. The zero-order valence-electron chi connectivity index (χ0n) is 18.0. The molecule has 164 valence electrons. The lowest BCUT2D eigenvalue weighted by Gasteiger charge is -2.58. The summed E-state index contributed by atoms with van der Waals surface area (Å²) in [5.74, 6) is 1.42. The van der Waals surface area contributed by atoms with Gasteiger partial charge in [-0.05, 0) is 13.3 Å². The summed E-state index contributed by atoms with van der Waals surface area (Å²) in [6.07, 6.45) is 5.79. The quantitative estimate of drug-likeness (QED) is 0.770. The molecule has 0 radical (unpaired) electrons. The Labute approximate surface area is 181 Å². The number of hydrogen-bond donors (Lipinski definition) is 1. The van der Waals surface area contributed by atoms with Gasteiger partial charge in [-0.3, -0.25) is 14.5 Å². The summed E-state index contributed by atoms with van der Waals surface area (Å²) >= 11 is 0. The number of aryl methyl sites for hydroxylation is 2. The number of alkyl halides is 1. The first-order valence-corrected chi connectivity index (χ1v) is 10.8. The second-order valence-corrected chi connectivity index (χ2v) is 9.07. The second-order valence-electron chi connectivity index (χ2n) is 9.07. The maximum Gasteiger partial charge on any atom is 0.229 e. The standard InChI is InChI=1S/C21H28FN9/c1-15-8-24-20(26-17-9-25-28(2)11-17)27-19(15)30-13-21(14-30,3-4-23)31-6-5-29-10-16(22)7-18(29)12-31/h8-9,11,16,18H,3,5-7,10,12-14H2,1-2H3,(H,24,26,27)/t16-,18+/m1/s1. The van der Waals surface area contributed by atoms with Crippen LogP contribution >= 0.6 is 0 Å². The maximum absolute atomic E-state index is 13.9. The molecule has 5 rings (SSSR count). The molecule has 2 aromatic heterocycles. The molecule has 3 fully saturated rings. The maximum atomic E-state index is 13.9. The van der Waals surface area contributed by atoms with Crippen LogP contribution in [0.2, 0.25) is 0 Å². The first-order chi connectivity index (χ1) is 15.0. The fourth-order valence-corrected chi connectivity index (χ4v) is 5.22. The average Bonchev–Trinajstić information content (AvgIpc) is 3.29. The Morgan fingerprint density at radius 2 is 2.13 bits per heavy atom. The van der Waals surface area contributed by atoms with Crippen molar-refractivity contribution in [1.82, 2.24) is 29.5 Å². The summed E-state index contributed by atoms with van der Waals surface area (Å²) in [5.41, 5.74) is 1.65. The Balaban J connectivity index is 1.30. The number of anilines is 3. The Hall–Kier alpha value is -2.77. The minimum absolute atomic E-state index is 0.191. The number of piperazine rings is 1. The van der Waals surface area contributed by atoms with Crippen LogP contribution in [0.5, 0.6) is 0 Å². The summed E-state index contributed by atoms with van der Waals surface area (Å²) in [6.45, 7) is 6.66. The number of nitrogens with one attached hydrogen (secondary N) is 1. The molecular weight excluding hydrogens is 397 g/mol. The zero-order chi connectivity index (χ0) is 21.6. The average molecular weight is 426 g/mol. The van der Waals surface area contributed by atoms with Gasteiger partial charge in [0.05, 0.1) is 29.9 Å². The van der Waals surface area contributed by atoms with Crippen molar-refractivity contribution in [2.24, 2.45) is 7.05 Å². The molecule has 0 amide bonds. The summed E-state index contributed by atoms with van der Waals surface area (Å²) in [4.78, 5) is 16.1. The molecule has 31 heavy (non-hydrogen) atoms. The Bertz CT molecular complexity index is 993. The Morgan fingerprint density at radius 3 is 2.87 bits per heavy atom. The molecule has 0 unspecified atom stereocenters. The largest absolute Gasteiger partial charge is 0.352 e. The molecule has 2 aromatic rings. The smallest absolute Gasteiger partial charge is 0.229 e. The summed E-state index contributed by atoms with van der Waals surface area (Å²) in [5, 5.41) is 16.9. The Kier molecular flexibility index (Phi) is 5.02. The molecule has 1 N–H and O–H groups in total. The molecule has 3 aliphatic rings. The third-order valence-corrected chi connectivity index (χ3v) is 6.82. The summed E-state index contributed by atoms with van der Waals surface area (Å²) in [6, 6.07) is 2.67. The van der Waals surface area contributed by atoms with Gasteiger partial charge in [0.25, 0.3) is 0 Å². The van der Waals surface area contributed by atoms with Crippen LogP contribution in [0.25, 0.3) is 0 Å². The van der Waals surface area contributed by atoms with E-state index in [0.29, 0.717) is 25.3 Å². The summed E-state index contributed by atoms with van der Waals surface area (Å²) < 4.78 is 15.6. The van der Waals surface area contributed by atoms with E-state index in [4.69, 9.17) is 4.98 Å². The van der Waals surface area contributed by atoms with E-state index in [1.165, 1.54) is 0 Å². The van der Waals surface area contributed by atoms with E-state index in [1.54, 1.807) is 10.9 Å². The highest BCUT2D eigenvalue weighted by molar-refractivity contribution is 5.57. The molecule has 5 heterocycles. The second kappa shape index (κ2) is 7.73. The van der Waals surface area contributed by atoms with Crippen molar-refractivity contribution in [3.05, 3.63) is 24.2 Å². The predicted octanol–water partition coefficient (Wildman–Crippen LogP) is 1.46. The number of rotatable bonds is 5. The van der Waals surface area contributed by atoms with Crippen LogP contribution < -0.4 is 10.2 Å². The van der Waals surface area contributed by atoms with Crippen LogP contribution in [0, 0.1) is 18.3 Å². The minimum Gasteiger partial charge on any atom is -0.352 e. The number of hydrogen-bond acceptors (Lipinski definition) is 8. The molecule has 0 spiro atoms. The van der Waals surface area contributed by atoms with Crippen molar-refractivity contribution >= 4 is 17.5 Å². The molecule has 0 bridgehead atoms. The fraction of sp³-hybridized carbons (Fsp3) is 0.619. The van der Waals surface area contributed by atoms with Crippen LogP contribution in [0.3, 0.4) is 0 Å². The summed E-state index contributed by atoms with van der Waals surface area (Å²) in [7, 11) is 1.86. The minimum atomic E-state index is -0.718. The van der Waals surface area contributed by atoms with Gasteiger partial charge in [-0.1, -0.05) is 0 Å². The third kappa shape index (κ3) is 3.72. The molecule has 3 aliphatic heterocycles. The van der Waals surface area contributed by atoms with Crippen molar-refractivity contribution in [3.63, 3.8) is 0 Å². The van der Waals surface area contributed by atoms with E-state index in [1.807, 2.05) is 26.4 Å². The van der Waals surface area contributed by atoms with Crippen LogP contribution in [-0.2, 0) is 7.05 Å². The molecule has 0 saturated carbocycles. The first-order valence-electron chi connectivity index (χ1n) is 10.8. The third-order valence-electron chi connectivity index (χ3n) is 6.82. The predicted molar refractivity (Wildman–Crippen MR) is 115 cm³/mol. The molecule has 10 heteroatoms. The van der Waals surface area contributed by atoms with E-state index in [9.17, 15) is 9.65 Å². The number of nitrogens with zero attached hydrogens (tertiary/aromatic N) is 8. The number of halogens is 1. The van der Waals surface area contributed by atoms with E-state index in [0.717, 1.165) is 49.8 Å². The lowest BCUT2D eigenvalue weighted by atomic mass is 9.83. The highest BCUT2D eigenvalue weighted by atomic mass is 19.1.